The lowest BCUT2D eigenvalue weighted by molar-refractivity contribution is -0.00725. The average Bonchev–Trinajstić information content (AvgIpc) is 2.32. The molecule has 4 aliphatic carbocycles. The maximum absolute atomic E-state index is 10.2. The largest absolute Gasteiger partial charge is 0.508 e. The lowest BCUT2D eigenvalue weighted by atomic mass is 9.48. The van der Waals surface area contributed by atoms with Crippen LogP contribution in [0.2, 0.25) is 0 Å². The molecule has 0 atom stereocenters. The number of benzene rings is 1. The van der Waals surface area contributed by atoms with Crippen LogP contribution in [0.1, 0.15) is 44.1 Å². The smallest absolute Gasteiger partial charge is 0.164 e. The van der Waals surface area contributed by atoms with E-state index in [-0.39, 0.29) is 22.7 Å². The van der Waals surface area contributed by atoms with Crippen LogP contribution in [0.3, 0.4) is 0 Å². The molecule has 4 aliphatic rings. The van der Waals surface area contributed by atoms with Crippen molar-refractivity contribution in [2.45, 2.75) is 43.9 Å². The number of phenolic OH excluding ortho intramolecular Hbond substituents is 3. The maximum Gasteiger partial charge on any atom is 0.164 e. The quantitative estimate of drug-likeness (QED) is 0.536. The standard InChI is InChI=1S/C16H20O3/c17-12-1-2-13(18)15(19)14(12)16-6-9-3-10(7-16)5-11(4-9)8-16/h1-2,9-11,17-19H,3-8H2. The summed E-state index contributed by atoms with van der Waals surface area (Å²) in [7, 11) is 0. The summed E-state index contributed by atoms with van der Waals surface area (Å²) in [6.45, 7) is 0. The summed E-state index contributed by atoms with van der Waals surface area (Å²) in [4.78, 5) is 0. The van der Waals surface area contributed by atoms with Crippen molar-refractivity contribution in [1.82, 2.24) is 0 Å². The zero-order chi connectivity index (χ0) is 13.2. The molecule has 3 N–H and O–H groups in total. The fourth-order valence-corrected chi connectivity index (χ4v) is 5.51. The Morgan fingerprint density at radius 1 is 0.789 bits per heavy atom. The summed E-state index contributed by atoms with van der Waals surface area (Å²) in [5, 5.41) is 30.2. The fourth-order valence-electron chi connectivity index (χ4n) is 5.51. The van der Waals surface area contributed by atoms with Gasteiger partial charge in [0.05, 0.1) is 0 Å². The van der Waals surface area contributed by atoms with E-state index in [0.29, 0.717) is 5.56 Å². The molecule has 0 heterocycles. The first-order chi connectivity index (χ1) is 9.07. The molecule has 5 rings (SSSR count). The van der Waals surface area contributed by atoms with Crippen LogP contribution in [0.5, 0.6) is 17.2 Å². The summed E-state index contributed by atoms with van der Waals surface area (Å²) in [5.41, 5.74) is 0.522. The first-order valence-corrected chi connectivity index (χ1v) is 7.32. The maximum atomic E-state index is 10.2. The van der Waals surface area contributed by atoms with Gasteiger partial charge < -0.3 is 15.3 Å². The van der Waals surface area contributed by atoms with E-state index in [2.05, 4.69) is 0 Å². The van der Waals surface area contributed by atoms with Crippen LogP contribution in [0.25, 0.3) is 0 Å². The highest BCUT2D eigenvalue weighted by Gasteiger charge is 2.53. The number of phenols is 3. The van der Waals surface area contributed by atoms with Gasteiger partial charge in [-0.2, -0.15) is 0 Å². The highest BCUT2D eigenvalue weighted by atomic mass is 16.3. The summed E-state index contributed by atoms with van der Waals surface area (Å²) in [6, 6.07) is 2.89. The van der Waals surface area contributed by atoms with Crippen molar-refractivity contribution < 1.29 is 15.3 Å². The summed E-state index contributed by atoms with van der Waals surface area (Å²) >= 11 is 0. The van der Waals surface area contributed by atoms with E-state index >= 15 is 0 Å². The Hall–Kier alpha value is -1.38. The van der Waals surface area contributed by atoms with E-state index in [1.807, 2.05) is 0 Å². The predicted molar refractivity (Wildman–Crippen MR) is 71.3 cm³/mol. The van der Waals surface area contributed by atoms with Crippen LogP contribution >= 0.6 is 0 Å². The Morgan fingerprint density at radius 2 is 1.26 bits per heavy atom. The van der Waals surface area contributed by atoms with E-state index in [1.165, 1.54) is 31.4 Å². The third kappa shape index (κ3) is 1.50. The van der Waals surface area contributed by atoms with Crippen molar-refractivity contribution >= 4 is 0 Å². The number of hydrogen-bond donors (Lipinski definition) is 3. The minimum atomic E-state index is -0.108. The van der Waals surface area contributed by atoms with Crippen LogP contribution in [-0.2, 0) is 5.41 Å². The normalized spacial score (nSPS) is 39.7. The van der Waals surface area contributed by atoms with Gasteiger partial charge >= 0.3 is 0 Å². The van der Waals surface area contributed by atoms with Crippen LogP contribution in [0.4, 0.5) is 0 Å². The molecule has 4 fully saturated rings. The van der Waals surface area contributed by atoms with E-state index in [4.69, 9.17) is 0 Å². The second-order valence-electron chi connectivity index (χ2n) is 7.03. The molecule has 0 amide bonds. The van der Waals surface area contributed by atoms with Gasteiger partial charge in [0.2, 0.25) is 0 Å². The molecule has 0 aromatic heterocycles. The Labute approximate surface area is 112 Å². The van der Waals surface area contributed by atoms with Crippen molar-refractivity contribution in [3.8, 4) is 17.2 Å². The van der Waals surface area contributed by atoms with Gasteiger partial charge in [-0.3, -0.25) is 0 Å². The fraction of sp³-hybridized carbons (Fsp3) is 0.625. The zero-order valence-corrected chi connectivity index (χ0v) is 11.0. The highest BCUT2D eigenvalue weighted by molar-refractivity contribution is 5.56. The molecule has 0 radical (unpaired) electrons. The number of aromatic hydroxyl groups is 3. The second-order valence-corrected chi connectivity index (χ2v) is 7.03. The van der Waals surface area contributed by atoms with Gasteiger partial charge in [0.1, 0.15) is 5.75 Å². The number of rotatable bonds is 1. The third-order valence-electron chi connectivity index (χ3n) is 5.70. The molecule has 0 saturated heterocycles. The molecule has 1 aromatic carbocycles. The van der Waals surface area contributed by atoms with Crippen LogP contribution in [0, 0.1) is 17.8 Å². The Morgan fingerprint density at radius 3 is 1.79 bits per heavy atom. The van der Waals surface area contributed by atoms with Crippen molar-refractivity contribution in [1.29, 1.82) is 0 Å². The lowest BCUT2D eigenvalue weighted by Crippen LogP contribution is -2.48. The van der Waals surface area contributed by atoms with Crippen LogP contribution < -0.4 is 0 Å². The van der Waals surface area contributed by atoms with E-state index in [0.717, 1.165) is 37.0 Å². The van der Waals surface area contributed by atoms with Crippen LogP contribution in [0.15, 0.2) is 12.1 Å². The number of hydrogen-bond acceptors (Lipinski definition) is 3. The molecule has 0 aliphatic heterocycles. The minimum Gasteiger partial charge on any atom is -0.508 e. The molecule has 3 nitrogen and oxygen atoms in total. The summed E-state index contributed by atoms with van der Waals surface area (Å²) < 4.78 is 0. The van der Waals surface area contributed by atoms with Gasteiger partial charge in [-0.15, -0.1) is 0 Å². The minimum absolute atomic E-state index is 0.0954. The molecular weight excluding hydrogens is 240 g/mol. The summed E-state index contributed by atoms with van der Waals surface area (Å²) in [5.74, 6) is 2.18. The molecule has 102 valence electrons. The van der Waals surface area contributed by atoms with Gasteiger partial charge in [0.25, 0.3) is 0 Å². The molecule has 4 saturated carbocycles. The summed E-state index contributed by atoms with van der Waals surface area (Å²) in [6.07, 6.45) is 7.13. The van der Waals surface area contributed by atoms with Gasteiger partial charge in [-0.1, -0.05) is 0 Å². The molecule has 0 spiro atoms. The van der Waals surface area contributed by atoms with Gasteiger partial charge in [0.15, 0.2) is 11.5 Å². The Bertz CT molecular complexity index is 500. The van der Waals surface area contributed by atoms with Crippen molar-refractivity contribution in [2.24, 2.45) is 17.8 Å². The SMILES string of the molecule is Oc1ccc(O)c(C23CC4CC(CC(C4)C2)C3)c1O. The first kappa shape index (κ1) is 11.4. The van der Waals surface area contributed by atoms with Crippen molar-refractivity contribution in [3.05, 3.63) is 17.7 Å². The highest BCUT2D eigenvalue weighted by Crippen LogP contribution is 2.63. The Balaban J connectivity index is 1.86. The molecule has 1 aromatic rings. The van der Waals surface area contributed by atoms with E-state index in [9.17, 15) is 15.3 Å². The first-order valence-electron chi connectivity index (χ1n) is 7.32. The van der Waals surface area contributed by atoms with Crippen LogP contribution in [-0.4, -0.2) is 15.3 Å². The van der Waals surface area contributed by atoms with E-state index < -0.39 is 0 Å². The predicted octanol–water partition coefficient (Wildman–Crippen LogP) is 3.27. The zero-order valence-electron chi connectivity index (χ0n) is 11.0. The molecular formula is C16H20O3. The van der Waals surface area contributed by atoms with Gasteiger partial charge in [0, 0.05) is 11.0 Å². The van der Waals surface area contributed by atoms with Crippen molar-refractivity contribution in [3.63, 3.8) is 0 Å². The van der Waals surface area contributed by atoms with E-state index in [1.54, 1.807) is 0 Å². The Kier molecular flexibility index (Phi) is 2.16. The molecule has 19 heavy (non-hydrogen) atoms. The second kappa shape index (κ2) is 3.59. The monoisotopic (exact) mass is 260 g/mol. The molecule has 3 heteroatoms. The molecule has 4 bridgehead atoms. The average molecular weight is 260 g/mol. The lowest BCUT2D eigenvalue weighted by Gasteiger charge is -2.57. The van der Waals surface area contributed by atoms with Crippen molar-refractivity contribution in [2.75, 3.05) is 0 Å². The molecule has 0 unspecified atom stereocenters. The van der Waals surface area contributed by atoms with Gasteiger partial charge in [-0.25, -0.2) is 0 Å². The third-order valence-corrected chi connectivity index (χ3v) is 5.70. The topological polar surface area (TPSA) is 60.7 Å². The van der Waals surface area contributed by atoms with Gasteiger partial charge in [-0.05, 0) is 68.4 Å².